The van der Waals surface area contributed by atoms with Gasteiger partial charge < -0.3 is 10.4 Å². The van der Waals surface area contributed by atoms with Gasteiger partial charge in [0.05, 0.1) is 5.75 Å². The molecule has 0 fully saturated rings. The summed E-state index contributed by atoms with van der Waals surface area (Å²) < 4.78 is 0. The number of halogens is 1. The number of benzene rings is 1. The van der Waals surface area contributed by atoms with Crippen LogP contribution >= 0.6 is 23.4 Å². The molecule has 0 saturated heterocycles. The molecule has 18 heavy (non-hydrogen) atoms. The molecule has 0 aliphatic heterocycles. The highest BCUT2D eigenvalue weighted by atomic mass is 35.5. The molecule has 98 valence electrons. The summed E-state index contributed by atoms with van der Waals surface area (Å²) in [6.45, 7) is 2.26. The maximum absolute atomic E-state index is 11.8. The molecular weight excluding hydrogens is 274 g/mol. The summed E-state index contributed by atoms with van der Waals surface area (Å²) in [6.07, 6.45) is 0. The Morgan fingerprint density at radius 3 is 2.78 bits per heavy atom. The van der Waals surface area contributed by atoms with E-state index in [1.54, 1.807) is 18.2 Å². The highest BCUT2D eigenvalue weighted by Gasteiger charge is 2.08. The van der Waals surface area contributed by atoms with Gasteiger partial charge in [-0.15, -0.1) is 11.8 Å². The Bertz CT molecular complexity index is 451. The third kappa shape index (κ3) is 4.98. The third-order valence-electron chi connectivity index (χ3n) is 2.19. The molecule has 1 aromatic rings. The largest absolute Gasteiger partial charge is 0.481 e. The van der Waals surface area contributed by atoms with Crippen LogP contribution in [0.1, 0.15) is 15.9 Å². The van der Waals surface area contributed by atoms with E-state index in [4.69, 9.17) is 16.7 Å². The number of carbonyl (C=O) groups is 2. The first kappa shape index (κ1) is 14.9. The van der Waals surface area contributed by atoms with Crippen LogP contribution in [0.4, 0.5) is 0 Å². The van der Waals surface area contributed by atoms with Gasteiger partial charge in [-0.25, -0.2) is 0 Å². The summed E-state index contributed by atoms with van der Waals surface area (Å²) in [4.78, 5) is 22.1. The molecule has 0 bridgehead atoms. The number of carboxylic acid groups (broad SMARTS) is 1. The number of aliphatic carboxylic acids is 1. The van der Waals surface area contributed by atoms with Gasteiger partial charge in [-0.2, -0.15) is 0 Å². The number of carbonyl (C=O) groups excluding carboxylic acids is 1. The van der Waals surface area contributed by atoms with Crippen LogP contribution in [0.3, 0.4) is 0 Å². The van der Waals surface area contributed by atoms with Gasteiger partial charge in [0.25, 0.3) is 5.91 Å². The van der Waals surface area contributed by atoms with Gasteiger partial charge >= 0.3 is 5.97 Å². The van der Waals surface area contributed by atoms with Crippen molar-refractivity contribution in [3.8, 4) is 0 Å². The first-order valence-electron chi connectivity index (χ1n) is 5.34. The summed E-state index contributed by atoms with van der Waals surface area (Å²) >= 11 is 7.08. The van der Waals surface area contributed by atoms with E-state index in [2.05, 4.69) is 5.32 Å². The lowest BCUT2D eigenvalue weighted by atomic mass is 10.1. The molecule has 0 unspecified atom stereocenters. The molecule has 1 rings (SSSR count). The SMILES string of the molecule is Cc1cc(Cl)ccc1C(=O)NCCSCC(=O)O. The summed E-state index contributed by atoms with van der Waals surface area (Å²) in [7, 11) is 0. The maximum Gasteiger partial charge on any atom is 0.313 e. The van der Waals surface area contributed by atoms with Gasteiger partial charge in [0.1, 0.15) is 0 Å². The second kappa shape index (κ2) is 7.28. The van der Waals surface area contributed by atoms with Crippen LogP contribution in [-0.2, 0) is 4.79 Å². The van der Waals surface area contributed by atoms with Crippen molar-refractivity contribution in [1.82, 2.24) is 5.32 Å². The number of thioether (sulfide) groups is 1. The number of aryl methyl sites for hydroxylation is 1. The van der Waals surface area contributed by atoms with Crippen molar-refractivity contribution in [2.75, 3.05) is 18.1 Å². The number of rotatable bonds is 6. The van der Waals surface area contributed by atoms with Crippen LogP contribution < -0.4 is 5.32 Å². The van der Waals surface area contributed by atoms with Gasteiger partial charge in [-0.1, -0.05) is 11.6 Å². The van der Waals surface area contributed by atoms with E-state index in [1.165, 1.54) is 11.8 Å². The highest BCUT2D eigenvalue weighted by molar-refractivity contribution is 7.99. The molecule has 0 saturated carbocycles. The van der Waals surface area contributed by atoms with Crippen molar-refractivity contribution in [2.45, 2.75) is 6.92 Å². The molecule has 1 amide bonds. The normalized spacial score (nSPS) is 10.1. The van der Waals surface area contributed by atoms with E-state index in [9.17, 15) is 9.59 Å². The molecule has 0 aliphatic rings. The summed E-state index contributed by atoms with van der Waals surface area (Å²) in [6, 6.07) is 5.08. The minimum Gasteiger partial charge on any atom is -0.481 e. The molecule has 1 aromatic carbocycles. The van der Waals surface area contributed by atoms with Crippen LogP contribution in [0, 0.1) is 6.92 Å². The predicted molar refractivity (Wildman–Crippen MR) is 73.5 cm³/mol. The molecular formula is C12H14ClNO3S. The van der Waals surface area contributed by atoms with E-state index in [1.807, 2.05) is 6.92 Å². The van der Waals surface area contributed by atoms with Crippen LogP contribution in [0.25, 0.3) is 0 Å². The third-order valence-corrected chi connectivity index (χ3v) is 3.37. The van der Waals surface area contributed by atoms with Crippen molar-refractivity contribution in [2.24, 2.45) is 0 Å². The zero-order chi connectivity index (χ0) is 13.5. The quantitative estimate of drug-likeness (QED) is 0.787. The maximum atomic E-state index is 11.8. The van der Waals surface area contributed by atoms with Crippen LogP contribution in [0.5, 0.6) is 0 Å². The zero-order valence-electron chi connectivity index (χ0n) is 9.90. The Hall–Kier alpha value is -1.20. The van der Waals surface area contributed by atoms with Crippen molar-refractivity contribution in [3.05, 3.63) is 34.3 Å². The molecule has 0 atom stereocenters. The molecule has 4 nitrogen and oxygen atoms in total. The molecule has 0 radical (unpaired) electrons. The van der Waals surface area contributed by atoms with E-state index < -0.39 is 5.97 Å². The number of hydrogen-bond donors (Lipinski definition) is 2. The van der Waals surface area contributed by atoms with E-state index in [-0.39, 0.29) is 11.7 Å². The van der Waals surface area contributed by atoms with Gasteiger partial charge in [0, 0.05) is 22.9 Å². The Balaban J connectivity index is 2.39. The fraction of sp³-hybridized carbons (Fsp3) is 0.333. The fourth-order valence-corrected chi connectivity index (χ4v) is 2.17. The van der Waals surface area contributed by atoms with Gasteiger partial charge in [-0.3, -0.25) is 9.59 Å². The lowest BCUT2D eigenvalue weighted by Gasteiger charge is -2.07. The first-order valence-corrected chi connectivity index (χ1v) is 6.88. The second-order valence-electron chi connectivity index (χ2n) is 3.66. The van der Waals surface area contributed by atoms with E-state index in [0.717, 1.165) is 5.56 Å². The minimum atomic E-state index is -0.847. The van der Waals surface area contributed by atoms with Crippen molar-refractivity contribution < 1.29 is 14.7 Å². The Morgan fingerprint density at radius 2 is 2.17 bits per heavy atom. The minimum absolute atomic E-state index is 0.0514. The Labute approximate surface area is 115 Å². The molecule has 0 heterocycles. The first-order chi connectivity index (χ1) is 8.50. The highest BCUT2D eigenvalue weighted by Crippen LogP contribution is 2.14. The van der Waals surface area contributed by atoms with E-state index in [0.29, 0.717) is 22.9 Å². The van der Waals surface area contributed by atoms with Gasteiger partial charge in [0.2, 0.25) is 0 Å². The molecule has 0 aromatic heterocycles. The van der Waals surface area contributed by atoms with Crippen LogP contribution in [-0.4, -0.2) is 35.0 Å². The number of nitrogens with one attached hydrogen (secondary N) is 1. The standard InChI is InChI=1S/C12H14ClNO3S/c1-8-6-9(13)2-3-10(8)12(17)14-4-5-18-7-11(15)16/h2-3,6H,4-5,7H2,1H3,(H,14,17)(H,15,16). The van der Waals surface area contributed by atoms with E-state index >= 15 is 0 Å². The topological polar surface area (TPSA) is 66.4 Å². The lowest BCUT2D eigenvalue weighted by Crippen LogP contribution is -2.26. The predicted octanol–water partition coefficient (Wildman–Crippen LogP) is 2.20. The average Bonchev–Trinajstić information content (AvgIpc) is 2.27. The van der Waals surface area contributed by atoms with Gasteiger partial charge in [-0.05, 0) is 30.7 Å². The van der Waals surface area contributed by atoms with Crippen molar-refractivity contribution in [3.63, 3.8) is 0 Å². The summed E-state index contributed by atoms with van der Waals surface area (Å²) in [5, 5.41) is 11.8. The van der Waals surface area contributed by atoms with Gasteiger partial charge in [0.15, 0.2) is 0 Å². The lowest BCUT2D eigenvalue weighted by molar-refractivity contribution is -0.133. The average molecular weight is 288 g/mol. The molecule has 6 heteroatoms. The number of hydrogen-bond acceptors (Lipinski definition) is 3. The molecule has 0 spiro atoms. The Morgan fingerprint density at radius 1 is 1.44 bits per heavy atom. The van der Waals surface area contributed by atoms with Crippen molar-refractivity contribution in [1.29, 1.82) is 0 Å². The van der Waals surface area contributed by atoms with Crippen LogP contribution in [0.15, 0.2) is 18.2 Å². The monoisotopic (exact) mass is 287 g/mol. The Kier molecular flexibility index (Phi) is 6.01. The number of amides is 1. The number of carboxylic acids is 1. The molecule has 2 N–H and O–H groups in total. The van der Waals surface area contributed by atoms with Crippen LogP contribution in [0.2, 0.25) is 5.02 Å². The smallest absolute Gasteiger partial charge is 0.313 e. The summed E-state index contributed by atoms with van der Waals surface area (Å²) in [5.74, 6) is -0.388. The zero-order valence-corrected chi connectivity index (χ0v) is 11.5. The fourth-order valence-electron chi connectivity index (χ4n) is 1.37. The summed E-state index contributed by atoms with van der Waals surface area (Å²) in [5.41, 5.74) is 1.40. The van der Waals surface area contributed by atoms with Crippen molar-refractivity contribution >= 4 is 35.2 Å². The second-order valence-corrected chi connectivity index (χ2v) is 5.20. The molecule has 0 aliphatic carbocycles.